The molecule has 5 nitrogen and oxygen atoms in total. The van der Waals surface area contributed by atoms with Gasteiger partial charge in [-0.15, -0.1) is 11.3 Å². The van der Waals surface area contributed by atoms with Gasteiger partial charge in [-0.2, -0.15) is 0 Å². The van der Waals surface area contributed by atoms with E-state index in [1.807, 2.05) is 24.4 Å². The Morgan fingerprint density at radius 3 is 2.85 bits per heavy atom. The molecule has 0 saturated carbocycles. The van der Waals surface area contributed by atoms with Gasteiger partial charge in [0.25, 0.3) is 0 Å². The smallest absolute Gasteiger partial charge is 0.318 e. The molecule has 0 spiro atoms. The minimum atomic E-state index is -0.821. The quantitative estimate of drug-likeness (QED) is 0.897. The van der Waals surface area contributed by atoms with Gasteiger partial charge in [-0.25, -0.2) is 4.79 Å². The number of hydrogen-bond acceptors (Lipinski definition) is 3. The Morgan fingerprint density at radius 1 is 1.60 bits per heavy atom. The highest BCUT2D eigenvalue weighted by Crippen LogP contribution is 2.26. The monoisotopic (exact) mass is 296 g/mol. The molecule has 2 amide bonds. The van der Waals surface area contributed by atoms with E-state index in [4.69, 9.17) is 5.11 Å². The Kier molecular flexibility index (Phi) is 4.65. The highest BCUT2D eigenvalue weighted by molar-refractivity contribution is 7.10. The Morgan fingerprint density at radius 2 is 2.35 bits per heavy atom. The number of urea groups is 1. The summed E-state index contributed by atoms with van der Waals surface area (Å²) in [6.07, 6.45) is 1.34. The first kappa shape index (κ1) is 14.8. The van der Waals surface area contributed by atoms with E-state index in [-0.39, 0.29) is 18.1 Å². The van der Waals surface area contributed by atoms with Gasteiger partial charge in [-0.1, -0.05) is 13.0 Å². The van der Waals surface area contributed by atoms with Crippen molar-refractivity contribution in [2.75, 3.05) is 6.54 Å². The fourth-order valence-electron chi connectivity index (χ4n) is 2.65. The largest absolute Gasteiger partial charge is 0.481 e. The third-order valence-electron chi connectivity index (χ3n) is 3.93. The van der Waals surface area contributed by atoms with Crippen LogP contribution in [0.15, 0.2) is 17.5 Å². The second-order valence-electron chi connectivity index (χ2n) is 5.09. The lowest BCUT2D eigenvalue weighted by Crippen LogP contribution is -2.44. The number of hydrogen-bond donors (Lipinski definition) is 2. The summed E-state index contributed by atoms with van der Waals surface area (Å²) in [5, 5.41) is 14.1. The molecule has 1 aromatic rings. The molecule has 2 rings (SSSR count). The molecule has 1 aliphatic rings. The number of likely N-dealkylation sites (tertiary alicyclic amines) is 1. The van der Waals surface area contributed by atoms with E-state index in [1.165, 1.54) is 0 Å². The van der Waals surface area contributed by atoms with Crippen LogP contribution in [-0.2, 0) is 4.79 Å². The van der Waals surface area contributed by atoms with Gasteiger partial charge in [0.15, 0.2) is 0 Å². The van der Waals surface area contributed by atoms with Crippen molar-refractivity contribution in [2.45, 2.75) is 38.8 Å². The second kappa shape index (κ2) is 6.26. The summed E-state index contributed by atoms with van der Waals surface area (Å²) in [6, 6.07) is 3.55. The summed E-state index contributed by atoms with van der Waals surface area (Å²) < 4.78 is 0. The Balaban J connectivity index is 2.00. The summed E-state index contributed by atoms with van der Waals surface area (Å²) in [5.74, 6) is -1.28. The van der Waals surface area contributed by atoms with E-state index >= 15 is 0 Å². The normalized spacial score (nSPS) is 23.6. The minimum absolute atomic E-state index is 0.00132. The first-order valence-electron chi connectivity index (χ1n) is 6.88. The maximum Gasteiger partial charge on any atom is 0.318 e. The van der Waals surface area contributed by atoms with Crippen LogP contribution in [0.1, 0.15) is 37.6 Å². The summed E-state index contributed by atoms with van der Waals surface area (Å²) >= 11 is 1.62. The van der Waals surface area contributed by atoms with Crippen LogP contribution in [0.4, 0.5) is 4.79 Å². The number of aliphatic carboxylic acids is 1. The van der Waals surface area contributed by atoms with Gasteiger partial charge in [-0.05, 0) is 31.2 Å². The number of thiophene rings is 1. The van der Waals surface area contributed by atoms with Gasteiger partial charge in [0.2, 0.25) is 0 Å². The van der Waals surface area contributed by atoms with Crippen molar-refractivity contribution in [2.24, 2.45) is 5.92 Å². The number of nitrogens with zero attached hydrogens (tertiary/aromatic N) is 1. The molecule has 1 fully saturated rings. The molecule has 1 aromatic heterocycles. The third-order valence-corrected chi connectivity index (χ3v) is 4.91. The van der Waals surface area contributed by atoms with E-state index in [1.54, 1.807) is 23.2 Å². The van der Waals surface area contributed by atoms with E-state index in [9.17, 15) is 9.59 Å². The van der Waals surface area contributed by atoms with Crippen LogP contribution in [0, 0.1) is 5.92 Å². The Bertz CT molecular complexity index is 475. The molecule has 0 radical (unpaired) electrons. The predicted molar refractivity (Wildman–Crippen MR) is 77.8 cm³/mol. The third kappa shape index (κ3) is 2.95. The lowest BCUT2D eigenvalue weighted by molar-refractivity contribution is -0.142. The predicted octanol–water partition coefficient (Wildman–Crippen LogP) is 2.70. The topological polar surface area (TPSA) is 69.6 Å². The molecule has 20 heavy (non-hydrogen) atoms. The molecule has 2 heterocycles. The number of carbonyl (C=O) groups is 2. The zero-order valence-corrected chi connectivity index (χ0v) is 12.5. The van der Waals surface area contributed by atoms with Gasteiger partial charge >= 0.3 is 12.0 Å². The SMILES string of the molecule is CCC(NC(=O)N1CCC(C(=O)O)C1C)c1cccs1. The van der Waals surface area contributed by atoms with Crippen molar-refractivity contribution in [3.8, 4) is 0 Å². The lowest BCUT2D eigenvalue weighted by atomic mass is 10.0. The Hall–Kier alpha value is -1.56. The first-order chi connectivity index (χ1) is 9.54. The molecule has 110 valence electrons. The zero-order chi connectivity index (χ0) is 14.7. The fraction of sp³-hybridized carbons (Fsp3) is 0.571. The molecule has 1 aliphatic heterocycles. The highest BCUT2D eigenvalue weighted by Gasteiger charge is 2.38. The summed E-state index contributed by atoms with van der Waals surface area (Å²) in [7, 11) is 0. The minimum Gasteiger partial charge on any atom is -0.481 e. The van der Waals surface area contributed by atoms with Gasteiger partial charge in [0, 0.05) is 17.5 Å². The van der Waals surface area contributed by atoms with Crippen molar-refractivity contribution in [3.05, 3.63) is 22.4 Å². The molecular formula is C14H20N2O3S. The van der Waals surface area contributed by atoms with Gasteiger partial charge in [0.05, 0.1) is 12.0 Å². The van der Waals surface area contributed by atoms with Crippen LogP contribution < -0.4 is 5.32 Å². The molecule has 0 aromatic carbocycles. The summed E-state index contributed by atoms with van der Waals surface area (Å²) in [5.41, 5.74) is 0. The number of rotatable bonds is 4. The summed E-state index contributed by atoms with van der Waals surface area (Å²) in [6.45, 7) is 4.33. The van der Waals surface area contributed by atoms with Crippen LogP contribution in [0.25, 0.3) is 0 Å². The van der Waals surface area contributed by atoms with Gasteiger partial charge in [0.1, 0.15) is 0 Å². The van der Waals surface area contributed by atoms with Crippen molar-refractivity contribution >= 4 is 23.3 Å². The first-order valence-corrected chi connectivity index (χ1v) is 7.76. The number of amides is 2. The average molecular weight is 296 g/mol. The van der Waals surface area contributed by atoms with E-state index in [2.05, 4.69) is 5.32 Å². The van der Waals surface area contributed by atoms with Crippen LogP contribution in [0.3, 0.4) is 0 Å². The Labute approximate surface area is 122 Å². The fourth-order valence-corrected chi connectivity index (χ4v) is 3.51. The van der Waals surface area contributed by atoms with E-state index in [0.29, 0.717) is 13.0 Å². The van der Waals surface area contributed by atoms with Crippen molar-refractivity contribution < 1.29 is 14.7 Å². The van der Waals surface area contributed by atoms with Crippen molar-refractivity contribution in [1.29, 1.82) is 0 Å². The molecular weight excluding hydrogens is 276 g/mol. The van der Waals surface area contributed by atoms with Gasteiger partial charge < -0.3 is 15.3 Å². The van der Waals surface area contributed by atoms with Crippen LogP contribution in [-0.4, -0.2) is 34.6 Å². The second-order valence-corrected chi connectivity index (χ2v) is 6.07. The maximum absolute atomic E-state index is 12.3. The maximum atomic E-state index is 12.3. The van der Waals surface area contributed by atoms with E-state index in [0.717, 1.165) is 11.3 Å². The zero-order valence-electron chi connectivity index (χ0n) is 11.7. The number of carboxylic acids is 1. The van der Waals surface area contributed by atoms with E-state index < -0.39 is 11.9 Å². The van der Waals surface area contributed by atoms with Crippen molar-refractivity contribution in [1.82, 2.24) is 10.2 Å². The van der Waals surface area contributed by atoms with Crippen LogP contribution in [0.2, 0.25) is 0 Å². The highest BCUT2D eigenvalue weighted by atomic mass is 32.1. The standard InChI is InChI=1S/C14H20N2O3S/c1-3-11(12-5-4-8-20-12)15-14(19)16-7-6-10(9(16)2)13(17)18/h4-5,8-11H,3,6-7H2,1-2H3,(H,15,19)(H,17,18). The average Bonchev–Trinajstić information content (AvgIpc) is 3.04. The van der Waals surface area contributed by atoms with Crippen LogP contribution in [0.5, 0.6) is 0 Å². The van der Waals surface area contributed by atoms with Gasteiger partial charge in [-0.3, -0.25) is 4.79 Å². The van der Waals surface area contributed by atoms with Crippen LogP contribution >= 0.6 is 11.3 Å². The lowest BCUT2D eigenvalue weighted by Gasteiger charge is -2.26. The number of carbonyl (C=O) groups excluding carboxylic acids is 1. The molecule has 2 N–H and O–H groups in total. The number of carboxylic acid groups (broad SMARTS) is 1. The number of nitrogens with one attached hydrogen (secondary N) is 1. The summed E-state index contributed by atoms with van der Waals surface area (Å²) in [4.78, 5) is 26.2. The molecule has 6 heteroatoms. The molecule has 1 saturated heterocycles. The van der Waals surface area contributed by atoms with Crippen molar-refractivity contribution in [3.63, 3.8) is 0 Å². The molecule has 0 bridgehead atoms. The molecule has 0 aliphatic carbocycles. The molecule has 3 atom stereocenters. The molecule has 3 unspecified atom stereocenters.